The average Bonchev–Trinajstić information content (AvgIpc) is 3.70. The average molecular weight is 682 g/mol. The maximum Gasteiger partial charge on any atom is 0.387 e. The van der Waals surface area contributed by atoms with Crippen molar-refractivity contribution in [2.45, 2.75) is 30.9 Å². The van der Waals surface area contributed by atoms with Gasteiger partial charge in [0.15, 0.2) is 5.65 Å². The second-order valence-corrected chi connectivity index (χ2v) is 12.7. The fourth-order valence-electron chi connectivity index (χ4n) is 6.23. The predicted octanol–water partition coefficient (Wildman–Crippen LogP) is 3.22. The van der Waals surface area contributed by atoms with Gasteiger partial charge in [0.2, 0.25) is 5.91 Å². The Hall–Kier alpha value is -4.41. The number of piperazine rings is 1. The Balaban J connectivity index is 1.18. The first kappa shape index (κ1) is 33.5. The molecule has 2 amide bonds. The van der Waals surface area contributed by atoms with Gasteiger partial charge in [-0.15, -0.1) is 11.8 Å². The van der Waals surface area contributed by atoms with E-state index in [9.17, 15) is 23.2 Å². The van der Waals surface area contributed by atoms with E-state index in [2.05, 4.69) is 30.3 Å². The number of amides is 2. The third-order valence-electron chi connectivity index (χ3n) is 8.77. The number of aldehydes is 1. The molecule has 254 valence electrons. The number of aromatic nitrogens is 5. The molecule has 0 radical (unpaired) electrons. The number of ether oxygens (including phenoxy) is 1. The summed E-state index contributed by atoms with van der Waals surface area (Å²) >= 11 is 1.41. The smallest absolute Gasteiger partial charge is 0.387 e. The maximum atomic E-state index is 13.5. The van der Waals surface area contributed by atoms with Gasteiger partial charge in [-0.25, -0.2) is 9.50 Å². The van der Waals surface area contributed by atoms with E-state index in [0.29, 0.717) is 31.2 Å². The summed E-state index contributed by atoms with van der Waals surface area (Å²) in [5.74, 6) is -0.208. The second-order valence-electron chi connectivity index (χ2n) is 11.8. The van der Waals surface area contributed by atoms with Gasteiger partial charge in [-0.05, 0) is 62.4 Å². The van der Waals surface area contributed by atoms with Crippen LogP contribution in [0.15, 0.2) is 53.9 Å². The zero-order valence-electron chi connectivity index (χ0n) is 26.5. The molecule has 13 nitrogen and oxygen atoms in total. The molecule has 0 aliphatic carbocycles. The molecule has 2 aliphatic rings. The van der Waals surface area contributed by atoms with E-state index in [0.717, 1.165) is 56.7 Å². The van der Waals surface area contributed by atoms with E-state index in [-0.39, 0.29) is 40.7 Å². The summed E-state index contributed by atoms with van der Waals surface area (Å²) in [6.45, 7) is 2.82. The van der Waals surface area contributed by atoms with Gasteiger partial charge in [-0.2, -0.15) is 19.0 Å². The van der Waals surface area contributed by atoms with Crippen LogP contribution in [0.3, 0.4) is 0 Å². The molecule has 1 aromatic carbocycles. The van der Waals surface area contributed by atoms with Crippen molar-refractivity contribution in [2.75, 3.05) is 63.9 Å². The van der Waals surface area contributed by atoms with Crippen LogP contribution < -0.4 is 10.1 Å². The molecule has 3 aromatic heterocycles. The number of piperidine rings is 1. The van der Waals surface area contributed by atoms with Crippen LogP contribution >= 0.6 is 11.8 Å². The SMILES string of the molecule is CSc1ccc(OC(F)F)c(-c2nn(CC(=O)N3CCN(CC4CCN(CC=O)CC4)CC3)cc2NC(=O)c2cnn3cccnc23)c1. The Labute approximate surface area is 280 Å². The van der Waals surface area contributed by atoms with Gasteiger partial charge in [0, 0.05) is 61.8 Å². The number of carbonyl (C=O) groups is 3. The van der Waals surface area contributed by atoms with E-state index >= 15 is 0 Å². The minimum Gasteiger partial charge on any atom is -0.434 e. The number of nitrogens with zero attached hydrogens (tertiary/aromatic N) is 8. The molecule has 1 N–H and O–H groups in total. The van der Waals surface area contributed by atoms with Crippen LogP contribution in [0.25, 0.3) is 16.9 Å². The maximum absolute atomic E-state index is 13.5. The molecule has 2 fully saturated rings. The van der Waals surface area contributed by atoms with E-state index in [1.165, 1.54) is 39.4 Å². The number of carbonyl (C=O) groups excluding carboxylic acids is 3. The van der Waals surface area contributed by atoms with Crippen molar-refractivity contribution in [2.24, 2.45) is 5.92 Å². The van der Waals surface area contributed by atoms with Crippen molar-refractivity contribution in [3.63, 3.8) is 0 Å². The topological polar surface area (TPSA) is 130 Å². The summed E-state index contributed by atoms with van der Waals surface area (Å²) in [7, 11) is 0. The second kappa shape index (κ2) is 15.2. The molecule has 4 aromatic rings. The lowest BCUT2D eigenvalue weighted by Gasteiger charge is -2.38. The lowest BCUT2D eigenvalue weighted by atomic mass is 9.96. The number of hydrogen-bond donors (Lipinski definition) is 1. The summed E-state index contributed by atoms with van der Waals surface area (Å²) in [6, 6.07) is 6.44. The molecule has 6 rings (SSSR count). The molecule has 2 saturated heterocycles. The molecule has 48 heavy (non-hydrogen) atoms. The van der Waals surface area contributed by atoms with Crippen LogP contribution in [-0.2, 0) is 16.1 Å². The molecular weight excluding hydrogens is 644 g/mol. The number of fused-ring (bicyclic) bond motifs is 1. The van der Waals surface area contributed by atoms with Crippen LogP contribution in [0, 0.1) is 5.92 Å². The van der Waals surface area contributed by atoms with Crippen molar-refractivity contribution in [1.29, 1.82) is 0 Å². The molecule has 2 aliphatic heterocycles. The number of anilines is 1. The van der Waals surface area contributed by atoms with Crippen molar-refractivity contribution < 1.29 is 27.9 Å². The Morgan fingerprint density at radius 2 is 1.92 bits per heavy atom. The molecule has 0 atom stereocenters. The van der Waals surface area contributed by atoms with Gasteiger partial charge < -0.3 is 19.7 Å². The molecule has 0 spiro atoms. The van der Waals surface area contributed by atoms with Crippen molar-refractivity contribution in [3.8, 4) is 17.0 Å². The quantitative estimate of drug-likeness (QED) is 0.176. The number of rotatable bonds is 12. The van der Waals surface area contributed by atoms with Crippen molar-refractivity contribution in [3.05, 3.63) is 54.6 Å². The highest BCUT2D eigenvalue weighted by Gasteiger charge is 2.27. The molecule has 16 heteroatoms. The largest absolute Gasteiger partial charge is 0.434 e. The van der Waals surface area contributed by atoms with Gasteiger partial charge in [0.1, 0.15) is 29.8 Å². The number of thioether (sulfide) groups is 1. The number of likely N-dealkylation sites (tertiary alicyclic amines) is 1. The van der Waals surface area contributed by atoms with Gasteiger partial charge in [0.05, 0.1) is 18.4 Å². The van der Waals surface area contributed by atoms with Gasteiger partial charge in [-0.1, -0.05) is 0 Å². The molecular formula is C32H37F2N9O4S. The standard InChI is InChI=1S/C32H37F2N9O4S/c1-48-23-3-4-27(47-32(33)34)24(17-23)29-26(37-31(46)25-18-36-43-8-2-7-35-30(25)43)20-42(38-29)21-28(45)41-13-11-40(12-14-41)19-22-5-9-39(10-6-22)15-16-44/h2-4,7-8,16-18,20,22,32H,5-6,9-15,19,21H2,1H3,(H,37,46). The fourth-order valence-corrected chi connectivity index (χ4v) is 6.67. The van der Waals surface area contributed by atoms with Gasteiger partial charge >= 0.3 is 6.61 Å². The van der Waals surface area contributed by atoms with E-state index in [1.807, 2.05) is 6.26 Å². The fraction of sp³-hybridized carbons (Fsp3) is 0.438. The monoisotopic (exact) mass is 681 g/mol. The van der Waals surface area contributed by atoms with Crippen LogP contribution in [-0.4, -0.2) is 122 Å². The number of halogens is 2. The number of alkyl halides is 2. The zero-order chi connectivity index (χ0) is 33.6. The zero-order valence-corrected chi connectivity index (χ0v) is 27.3. The molecule has 5 heterocycles. The van der Waals surface area contributed by atoms with Crippen LogP contribution in [0.2, 0.25) is 0 Å². The first-order chi connectivity index (χ1) is 23.3. The highest BCUT2D eigenvalue weighted by Crippen LogP contribution is 2.38. The first-order valence-corrected chi connectivity index (χ1v) is 17.0. The van der Waals surface area contributed by atoms with E-state index in [1.54, 1.807) is 35.5 Å². The summed E-state index contributed by atoms with van der Waals surface area (Å²) in [5.41, 5.74) is 1.18. The highest BCUT2D eigenvalue weighted by atomic mass is 32.2. The third kappa shape index (κ3) is 7.82. The highest BCUT2D eigenvalue weighted by molar-refractivity contribution is 7.98. The van der Waals surface area contributed by atoms with E-state index in [4.69, 9.17) is 4.74 Å². The minimum absolute atomic E-state index is 0.108. The first-order valence-electron chi connectivity index (χ1n) is 15.8. The summed E-state index contributed by atoms with van der Waals surface area (Å²) in [4.78, 5) is 49.1. The molecule has 0 unspecified atom stereocenters. The minimum atomic E-state index is -3.08. The number of benzene rings is 1. The van der Waals surface area contributed by atoms with Crippen molar-refractivity contribution in [1.82, 2.24) is 39.1 Å². The Bertz CT molecular complexity index is 1750. The lowest BCUT2D eigenvalue weighted by Crippen LogP contribution is -2.51. The Kier molecular flexibility index (Phi) is 10.6. The number of hydrogen-bond acceptors (Lipinski definition) is 10. The van der Waals surface area contributed by atoms with Crippen LogP contribution in [0.5, 0.6) is 5.75 Å². The Morgan fingerprint density at radius 1 is 1.12 bits per heavy atom. The van der Waals surface area contributed by atoms with Gasteiger partial charge in [0.25, 0.3) is 5.91 Å². The summed E-state index contributed by atoms with van der Waals surface area (Å²) < 4.78 is 34.6. The third-order valence-corrected chi connectivity index (χ3v) is 9.50. The molecule has 0 bridgehead atoms. The Morgan fingerprint density at radius 3 is 2.65 bits per heavy atom. The van der Waals surface area contributed by atoms with Crippen LogP contribution in [0.1, 0.15) is 23.2 Å². The van der Waals surface area contributed by atoms with Gasteiger partial charge in [-0.3, -0.25) is 24.1 Å². The molecule has 0 saturated carbocycles. The number of nitrogens with one attached hydrogen (secondary N) is 1. The lowest BCUT2D eigenvalue weighted by molar-refractivity contribution is -0.133. The normalized spacial score (nSPS) is 16.5. The van der Waals surface area contributed by atoms with Crippen LogP contribution in [0.4, 0.5) is 14.5 Å². The van der Waals surface area contributed by atoms with Crippen molar-refractivity contribution >= 4 is 41.2 Å². The summed E-state index contributed by atoms with van der Waals surface area (Å²) in [6.07, 6.45) is 11.1. The summed E-state index contributed by atoms with van der Waals surface area (Å²) in [5, 5.41) is 11.6. The van der Waals surface area contributed by atoms with E-state index < -0.39 is 12.5 Å². The predicted molar refractivity (Wildman–Crippen MR) is 175 cm³/mol.